The maximum atomic E-state index is 12.8. The highest BCUT2D eigenvalue weighted by atomic mass is 32.2. The van der Waals surface area contributed by atoms with E-state index in [-0.39, 0.29) is 24.2 Å². The first-order chi connectivity index (χ1) is 17.1. The second-order valence-corrected chi connectivity index (χ2v) is 9.28. The van der Waals surface area contributed by atoms with E-state index in [1.165, 1.54) is 0 Å². The molecule has 2 aromatic heterocycles. The lowest BCUT2D eigenvalue weighted by Crippen LogP contribution is -2.35. The number of carbonyl (C=O) groups excluding carboxylic acids is 2. The van der Waals surface area contributed by atoms with Crippen molar-refractivity contribution >= 4 is 46.1 Å². The maximum absolute atomic E-state index is 12.8. The summed E-state index contributed by atoms with van der Waals surface area (Å²) in [5.74, 6) is 1.06. The van der Waals surface area contributed by atoms with Crippen LogP contribution in [0, 0.1) is 5.92 Å². The first kappa shape index (κ1) is 24.9. The van der Waals surface area contributed by atoms with Crippen molar-refractivity contribution in [2.24, 2.45) is 5.92 Å². The number of nitrogens with zero attached hydrogens (tertiary/aromatic N) is 5. The molecule has 35 heavy (non-hydrogen) atoms. The van der Waals surface area contributed by atoms with Gasteiger partial charge in [-0.1, -0.05) is 36.9 Å². The third-order valence-electron chi connectivity index (χ3n) is 5.68. The minimum atomic E-state index is -0.368. The Kier molecular flexibility index (Phi) is 8.54. The number of aromatic nitrogens is 4. The second-order valence-electron chi connectivity index (χ2n) is 8.05. The zero-order valence-electron chi connectivity index (χ0n) is 20.1. The van der Waals surface area contributed by atoms with Crippen molar-refractivity contribution in [1.82, 2.24) is 25.1 Å². The molecular weight excluding hydrogens is 466 g/mol. The van der Waals surface area contributed by atoms with Gasteiger partial charge in [0.05, 0.1) is 30.7 Å². The Morgan fingerprint density at radius 3 is 2.80 bits per heavy atom. The molecule has 0 bridgehead atoms. The lowest BCUT2D eigenvalue weighted by molar-refractivity contribution is -0.126. The standard InChI is InChI=1S/C24H31N7O3S/c1-3-34-13-11-25-21-19-15-27-31(22(19)29-24(28-21)35-4-2)12-10-26-23(33)17-14-20(32)30(16-17)18-8-6-5-7-9-18/h5-9,15,17H,3-4,10-14,16H2,1-2H3,(H,26,33)(H,25,28,29). The molecule has 1 aliphatic rings. The van der Waals surface area contributed by atoms with Crippen LogP contribution in [0.1, 0.15) is 20.3 Å². The molecular formula is C24H31N7O3S. The van der Waals surface area contributed by atoms with Gasteiger partial charge in [-0.25, -0.2) is 14.6 Å². The fourth-order valence-electron chi connectivity index (χ4n) is 3.98. The van der Waals surface area contributed by atoms with Crippen LogP contribution in [0.25, 0.3) is 11.0 Å². The third kappa shape index (κ3) is 6.09. The Morgan fingerprint density at radius 2 is 2.03 bits per heavy atom. The van der Waals surface area contributed by atoms with Crippen molar-refractivity contribution in [3.8, 4) is 0 Å². The molecule has 2 amide bonds. The minimum absolute atomic E-state index is 0.0311. The lowest BCUT2D eigenvalue weighted by Gasteiger charge is -2.16. The molecule has 1 unspecified atom stereocenters. The molecule has 0 saturated carbocycles. The quantitative estimate of drug-likeness (QED) is 0.223. The van der Waals surface area contributed by atoms with Crippen molar-refractivity contribution in [3.05, 3.63) is 36.5 Å². The van der Waals surface area contributed by atoms with Gasteiger partial charge in [0.15, 0.2) is 10.8 Å². The van der Waals surface area contributed by atoms with Crippen LogP contribution in [0.4, 0.5) is 11.5 Å². The zero-order chi connectivity index (χ0) is 24.6. The van der Waals surface area contributed by atoms with Crippen LogP contribution in [0.5, 0.6) is 0 Å². The number of para-hydroxylation sites is 1. The van der Waals surface area contributed by atoms with Gasteiger partial charge in [-0.3, -0.25) is 9.59 Å². The number of carbonyl (C=O) groups is 2. The van der Waals surface area contributed by atoms with Gasteiger partial charge in [-0.05, 0) is 24.8 Å². The predicted octanol–water partition coefficient (Wildman–Crippen LogP) is 2.56. The lowest BCUT2D eigenvalue weighted by atomic mass is 10.1. The van der Waals surface area contributed by atoms with Crippen LogP contribution in [-0.2, 0) is 20.9 Å². The predicted molar refractivity (Wildman–Crippen MR) is 137 cm³/mol. The highest BCUT2D eigenvalue weighted by Gasteiger charge is 2.34. The van der Waals surface area contributed by atoms with Crippen LogP contribution >= 0.6 is 11.8 Å². The molecule has 10 nitrogen and oxygen atoms in total. The molecule has 2 N–H and O–H groups in total. The number of anilines is 2. The molecule has 1 atom stereocenters. The molecule has 3 aromatic rings. The van der Waals surface area contributed by atoms with Crippen LogP contribution < -0.4 is 15.5 Å². The minimum Gasteiger partial charge on any atom is -0.380 e. The van der Waals surface area contributed by atoms with Crippen molar-refractivity contribution in [2.75, 3.05) is 48.8 Å². The number of nitrogens with one attached hydrogen (secondary N) is 2. The van der Waals surface area contributed by atoms with E-state index in [9.17, 15) is 9.59 Å². The van der Waals surface area contributed by atoms with Crippen molar-refractivity contribution < 1.29 is 14.3 Å². The molecule has 1 saturated heterocycles. The second kappa shape index (κ2) is 12.0. The normalized spacial score (nSPS) is 15.7. The molecule has 186 valence electrons. The van der Waals surface area contributed by atoms with Gasteiger partial charge < -0.3 is 20.3 Å². The van der Waals surface area contributed by atoms with Crippen LogP contribution in [0.3, 0.4) is 0 Å². The van der Waals surface area contributed by atoms with E-state index in [0.29, 0.717) is 44.5 Å². The molecule has 4 rings (SSSR count). The molecule has 3 heterocycles. The van der Waals surface area contributed by atoms with Gasteiger partial charge in [-0.15, -0.1) is 0 Å². The summed E-state index contributed by atoms with van der Waals surface area (Å²) in [5.41, 5.74) is 1.54. The fraction of sp³-hybridized carbons (Fsp3) is 0.458. The molecule has 1 fully saturated rings. The smallest absolute Gasteiger partial charge is 0.227 e. The average molecular weight is 498 g/mol. The Bertz CT molecular complexity index is 1150. The number of rotatable bonds is 12. The SMILES string of the molecule is CCOCCNc1nc(SCC)nc2c1cnn2CCNC(=O)C1CC(=O)N(c2ccccc2)C1. The summed E-state index contributed by atoms with van der Waals surface area (Å²) >= 11 is 1.56. The number of thioether (sulfide) groups is 1. The van der Waals surface area contributed by atoms with E-state index in [1.807, 2.05) is 37.3 Å². The largest absolute Gasteiger partial charge is 0.380 e. The van der Waals surface area contributed by atoms with Crippen LogP contribution in [-0.4, -0.2) is 70.2 Å². The van der Waals surface area contributed by atoms with E-state index < -0.39 is 0 Å². The maximum Gasteiger partial charge on any atom is 0.227 e. The van der Waals surface area contributed by atoms with E-state index in [0.717, 1.165) is 28.3 Å². The monoisotopic (exact) mass is 497 g/mol. The molecule has 0 aliphatic carbocycles. The van der Waals surface area contributed by atoms with Crippen LogP contribution in [0.2, 0.25) is 0 Å². The molecule has 0 radical (unpaired) electrons. The third-order valence-corrected chi connectivity index (χ3v) is 6.41. The van der Waals surface area contributed by atoms with E-state index >= 15 is 0 Å². The number of hydrogen-bond donors (Lipinski definition) is 2. The van der Waals surface area contributed by atoms with Gasteiger partial charge in [-0.2, -0.15) is 5.10 Å². The molecule has 1 aliphatic heterocycles. The van der Waals surface area contributed by atoms with Gasteiger partial charge >= 0.3 is 0 Å². The van der Waals surface area contributed by atoms with Gasteiger partial charge in [0.1, 0.15) is 5.82 Å². The number of amides is 2. The Balaban J connectivity index is 1.37. The summed E-state index contributed by atoms with van der Waals surface area (Å²) in [7, 11) is 0. The van der Waals surface area contributed by atoms with Crippen molar-refractivity contribution in [2.45, 2.75) is 32.0 Å². The number of fused-ring (bicyclic) bond motifs is 1. The molecule has 0 spiro atoms. The first-order valence-corrected chi connectivity index (χ1v) is 12.9. The van der Waals surface area contributed by atoms with Gasteiger partial charge in [0, 0.05) is 38.3 Å². The number of ether oxygens (including phenoxy) is 1. The fourth-order valence-corrected chi connectivity index (χ4v) is 4.55. The first-order valence-electron chi connectivity index (χ1n) is 11.9. The highest BCUT2D eigenvalue weighted by molar-refractivity contribution is 7.99. The van der Waals surface area contributed by atoms with E-state index in [2.05, 4.69) is 32.6 Å². The number of benzene rings is 1. The summed E-state index contributed by atoms with van der Waals surface area (Å²) in [6, 6.07) is 9.44. The van der Waals surface area contributed by atoms with E-state index in [1.54, 1.807) is 27.5 Å². The summed E-state index contributed by atoms with van der Waals surface area (Å²) in [4.78, 5) is 36.2. The summed E-state index contributed by atoms with van der Waals surface area (Å²) in [5, 5.41) is 12.3. The topological polar surface area (TPSA) is 114 Å². The molecule has 1 aromatic carbocycles. The Morgan fingerprint density at radius 1 is 1.20 bits per heavy atom. The van der Waals surface area contributed by atoms with Gasteiger partial charge in [0.25, 0.3) is 0 Å². The Hall–Kier alpha value is -3.18. The van der Waals surface area contributed by atoms with Crippen molar-refractivity contribution in [3.63, 3.8) is 0 Å². The zero-order valence-corrected chi connectivity index (χ0v) is 20.9. The van der Waals surface area contributed by atoms with Crippen LogP contribution in [0.15, 0.2) is 41.7 Å². The van der Waals surface area contributed by atoms with Crippen molar-refractivity contribution in [1.29, 1.82) is 0 Å². The van der Waals surface area contributed by atoms with Gasteiger partial charge in [0.2, 0.25) is 11.8 Å². The summed E-state index contributed by atoms with van der Waals surface area (Å²) in [6.45, 7) is 7.15. The van der Waals surface area contributed by atoms with E-state index in [4.69, 9.17) is 4.74 Å². The summed E-state index contributed by atoms with van der Waals surface area (Å²) < 4.78 is 7.19. The molecule has 11 heteroatoms. The summed E-state index contributed by atoms with van der Waals surface area (Å²) in [6.07, 6.45) is 1.96. The Labute approximate surface area is 208 Å². The number of hydrogen-bond acceptors (Lipinski definition) is 8. The highest BCUT2D eigenvalue weighted by Crippen LogP contribution is 2.26. The average Bonchev–Trinajstić information content (AvgIpc) is 3.46.